The Bertz CT molecular complexity index is 1020. The van der Waals surface area contributed by atoms with Crippen molar-refractivity contribution in [2.45, 2.75) is 6.92 Å². The first kappa shape index (κ1) is 19.8. The van der Waals surface area contributed by atoms with E-state index in [2.05, 4.69) is 21.2 Å². The number of carbonyl (C=O) groups excluding carboxylic acids is 2. The van der Waals surface area contributed by atoms with Crippen LogP contribution < -0.4 is 15.0 Å². The molecule has 0 atom stereocenters. The molecule has 9 heteroatoms. The number of phenolic OH excluding ortho intramolecular Hbond substituents is 2. The van der Waals surface area contributed by atoms with Crippen LogP contribution in [0.2, 0.25) is 0 Å². The summed E-state index contributed by atoms with van der Waals surface area (Å²) >= 11 is 8.30. The third-order valence-electron chi connectivity index (χ3n) is 3.88. The zero-order valence-electron chi connectivity index (χ0n) is 14.6. The SMILES string of the molecule is CCOc1cccc(N2C(=O)/C(=C\c3cc(Br)c(O)cc3O)C(=O)NC2=S)c1. The number of phenols is 2. The third-order valence-corrected chi connectivity index (χ3v) is 4.80. The summed E-state index contributed by atoms with van der Waals surface area (Å²) in [5.41, 5.74) is 0.394. The number of thiocarbonyl (C=S) groups is 1. The van der Waals surface area contributed by atoms with Crippen LogP contribution in [0.5, 0.6) is 17.2 Å². The number of ether oxygens (including phenoxy) is 1. The minimum atomic E-state index is -0.684. The molecular weight excluding hydrogens is 448 g/mol. The monoisotopic (exact) mass is 462 g/mol. The van der Waals surface area contributed by atoms with E-state index in [-0.39, 0.29) is 27.7 Å². The molecular formula is C19H15BrN2O5S. The molecule has 0 bridgehead atoms. The molecule has 1 fully saturated rings. The largest absolute Gasteiger partial charge is 0.507 e. The van der Waals surface area contributed by atoms with Gasteiger partial charge in [-0.3, -0.25) is 19.8 Å². The summed E-state index contributed by atoms with van der Waals surface area (Å²) in [6.45, 7) is 2.30. The molecule has 3 N–H and O–H groups in total. The fourth-order valence-electron chi connectivity index (χ4n) is 2.61. The zero-order valence-corrected chi connectivity index (χ0v) is 17.0. The molecule has 0 aliphatic carbocycles. The minimum Gasteiger partial charge on any atom is -0.507 e. The second-order valence-corrected chi connectivity index (χ2v) is 6.99. The number of amides is 2. The predicted molar refractivity (Wildman–Crippen MR) is 111 cm³/mol. The summed E-state index contributed by atoms with van der Waals surface area (Å²) in [6.07, 6.45) is 1.23. The van der Waals surface area contributed by atoms with Crippen molar-refractivity contribution in [3.63, 3.8) is 0 Å². The first-order valence-electron chi connectivity index (χ1n) is 8.17. The van der Waals surface area contributed by atoms with Gasteiger partial charge in [0.2, 0.25) is 0 Å². The van der Waals surface area contributed by atoms with E-state index in [4.69, 9.17) is 17.0 Å². The Morgan fingerprint density at radius 1 is 1.21 bits per heavy atom. The molecule has 2 aromatic carbocycles. The Morgan fingerprint density at radius 3 is 2.68 bits per heavy atom. The number of rotatable bonds is 4. The molecule has 1 aliphatic rings. The van der Waals surface area contributed by atoms with Gasteiger partial charge in [-0.15, -0.1) is 0 Å². The fraction of sp³-hybridized carbons (Fsp3) is 0.105. The van der Waals surface area contributed by atoms with Gasteiger partial charge in [0.25, 0.3) is 11.8 Å². The Morgan fingerprint density at radius 2 is 1.96 bits per heavy atom. The molecule has 2 amide bonds. The van der Waals surface area contributed by atoms with Crippen LogP contribution in [0.15, 0.2) is 46.4 Å². The van der Waals surface area contributed by atoms with E-state index in [9.17, 15) is 19.8 Å². The Hall–Kier alpha value is -2.91. The van der Waals surface area contributed by atoms with Crippen molar-refractivity contribution in [2.24, 2.45) is 0 Å². The number of aromatic hydroxyl groups is 2. The van der Waals surface area contributed by atoms with Crippen molar-refractivity contribution in [2.75, 3.05) is 11.5 Å². The van der Waals surface area contributed by atoms with Crippen molar-refractivity contribution in [1.82, 2.24) is 5.32 Å². The number of hydrogen-bond donors (Lipinski definition) is 3. The van der Waals surface area contributed by atoms with Gasteiger partial charge in [-0.25, -0.2) is 0 Å². The molecule has 0 unspecified atom stereocenters. The van der Waals surface area contributed by atoms with Crippen LogP contribution in [0.4, 0.5) is 5.69 Å². The Labute approximate surface area is 174 Å². The van der Waals surface area contributed by atoms with Gasteiger partial charge in [0.1, 0.15) is 22.8 Å². The molecule has 1 heterocycles. The molecule has 7 nitrogen and oxygen atoms in total. The molecule has 28 heavy (non-hydrogen) atoms. The Balaban J connectivity index is 2.03. The van der Waals surface area contributed by atoms with Gasteiger partial charge in [-0.05, 0) is 59.3 Å². The molecule has 0 saturated carbocycles. The van der Waals surface area contributed by atoms with E-state index in [0.717, 1.165) is 6.07 Å². The fourth-order valence-corrected chi connectivity index (χ4v) is 3.25. The number of hydrogen-bond acceptors (Lipinski definition) is 6. The zero-order chi connectivity index (χ0) is 20.4. The third kappa shape index (κ3) is 3.85. The predicted octanol–water partition coefficient (Wildman–Crippen LogP) is 3.09. The number of benzene rings is 2. The molecule has 144 valence electrons. The standard InChI is InChI=1S/C19H15BrN2O5S/c1-2-27-12-5-3-4-11(8-12)22-18(26)13(17(25)21-19(22)28)6-10-7-14(20)16(24)9-15(10)23/h3-9,23-24H,2H2,1H3,(H,21,25,28)/b13-6-. The average molecular weight is 463 g/mol. The Kier molecular flexibility index (Phi) is 5.66. The summed E-state index contributed by atoms with van der Waals surface area (Å²) in [5, 5.41) is 22.1. The first-order valence-corrected chi connectivity index (χ1v) is 9.37. The maximum Gasteiger partial charge on any atom is 0.270 e. The van der Waals surface area contributed by atoms with Crippen LogP contribution in [0.25, 0.3) is 6.08 Å². The van der Waals surface area contributed by atoms with Crippen molar-refractivity contribution < 1.29 is 24.5 Å². The van der Waals surface area contributed by atoms with E-state index >= 15 is 0 Å². The summed E-state index contributed by atoms with van der Waals surface area (Å²) < 4.78 is 5.75. The van der Waals surface area contributed by atoms with Gasteiger partial charge >= 0.3 is 0 Å². The highest BCUT2D eigenvalue weighted by Crippen LogP contribution is 2.33. The molecule has 1 aliphatic heterocycles. The molecule has 0 aromatic heterocycles. The topological polar surface area (TPSA) is 99.1 Å². The van der Waals surface area contributed by atoms with Gasteiger partial charge in [-0.2, -0.15) is 0 Å². The van der Waals surface area contributed by atoms with Crippen LogP contribution in [-0.2, 0) is 9.59 Å². The van der Waals surface area contributed by atoms with Crippen LogP contribution in [0.3, 0.4) is 0 Å². The van der Waals surface area contributed by atoms with Gasteiger partial charge < -0.3 is 14.9 Å². The highest BCUT2D eigenvalue weighted by atomic mass is 79.9. The quantitative estimate of drug-likeness (QED) is 0.366. The molecule has 0 radical (unpaired) electrons. The normalized spacial score (nSPS) is 15.7. The minimum absolute atomic E-state index is 0.0584. The van der Waals surface area contributed by atoms with E-state index in [1.54, 1.807) is 24.3 Å². The van der Waals surface area contributed by atoms with E-state index < -0.39 is 11.8 Å². The van der Waals surface area contributed by atoms with Crippen molar-refractivity contribution in [3.05, 3.63) is 52.0 Å². The first-order chi connectivity index (χ1) is 13.3. The van der Waals surface area contributed by atoms with Crippen LogP contribution in [0, 0.1) is 0 Å². The lowest BCUT2D eigenvalue weighted by molar-refractivity contribution is -0.122. The number of anilines is 1. The van der Waals surface area contributed by atoms with E-state index in [0.29, 0.717) is 22.5 Å². The van der Waals surface area contributed by atoms with Gasteiger partial charge in [0, 0.05) is 17.7 Å². The average Bonchev–Trinajstić information content (AvgIpc) is 2.63. The van der Waals surface area contributed by atoms with Gasteiger partial charge in [0.15, 0.2) is 5.11 Å². The lowest BCUT2D eigenvalue weighted by Gasteiger charge is -2.29. The summed E-state index contributed by atoms with van der Waals surface area (Å²) in [6, 6.07) is 9.25. The molecule has 1 saturated heterocycles. The number of nitrogens with zero attached hydrogens (tertiary/aromatic N) is 1. The summed E-state index contributed by atoms with van der Waals surface area (Å²) in [7, 11) is 0. The van der Waals surface area contributed by atoms with Gasteiger partial charge in [0.05, 0.1) is 16.8 Å². The summed E-state index contributed by atoms with van der Waals surface area (Å²) in [5.74, 6) is -1.23. The maximum absolute atomic E-state index is 13.0. The van der Waals surface area contributed by atoms with Crippen molar-refractivity contribution in [1.29, 1.82) is 0 Å². The second-order valence-electron chi connectivity index (χ2n) is 5.75. The highest BCUT2D eigenvalue weighted by Gasteiger charge is 2.34. The number of nitrogens with one attached hydrogen (secondary N) is 1. The van der Waals surface area contributed by atoms with Crippen LogP contribution >= 0.6 is 28.1 Å². The summed E-state index contributed by atoms with van der Waals surface area (Å²) in [4.78, 5) is 26.5. The maximum atomic E-state index is 13.0. The number of carbonyl (C=O) groups is 2. The second kappa shape index (κ2) is 7.99. The molecule has 0 spiro atoms. The van der Waals surface area contributed by atoms with Gasteiger partial charge in [-0.1, -0.05) is 6.07 Å². The van der Waals surface area contributed by atoms with Crippen molar-refractivity contribution >= 4 is 56.8 Å². The van der Waals surface area contributed by atoms with E-state index in [1.165, 1.54) is 17.0 Å². The molecule has 2 aromatic rings. The van der Waals surface area contributed by atoms with Crippen LogP contribution in [-0.4, -0.2) is 33.7 Å². The van der Waals surface area contributed by atoms with Crippen molar-refractivity contribution in [3.8, 4) is 17.2 Å². The lowest BCUT2D eigenvalue weighted by Crippen LogP contribution is -2.54. The molecule has 3 rings (SSSR count). The highest BCUT2D eigenvalue weighted by molar-refractivity contribution is 9.10. The number of halogens is 1. The van der Waals surface area contributed by atoms with Crippen LogP contribution in [0.1, 0.15) is 12.5 Å². The lowest BCUT2D eigenvalue weighted by atomic mass is 10.1. The smallest absolute Gasteiger partial charge is 0.270 e. The van der Waals surface area contributed by atoms with E-state index in [1.807, 2.05) is 6.92 Å².